The van der Waals surface area contributed by atoms with E-state index < -0.39 is 0 Å². The molecule has 130 valence electrons. The second-order valence-corrected chi connectivity index (χ2v) is 6.79. The third kappa shape index (κ3) is 3.57. The van der Waals surface area contributed by atoms with Gasteiger partial charge in [0.25, 0.3) is 0 Å². The van der Waals surface area contributed by atoms with Crippen molar-refractivity contribution in [1.82, 2.24) is 19.8 Å². The van der Waals surface area contributed by atoms with Gasteiger partial charge in [0, 0.05) is 44.3 Å². The van der Waals surface area contributed by atoms with E-state index in [1.165, 1.54) is 10.9 Å². The fraction of sp³-hybridized carbons (Fsp3) is 0.400. The maximum absolute atomic E-state index is 5.71. The van der Waals surface area contributed by atoms with Crippen LogP contribution in [-0.4, -0.2) is 45.9 Å². The molecule has 0 N–H and O–H groups in total. The van der Waals surface area contributed by atoms with E-state index in [1.807, 2.05) is 26.1 Å². The summed E-state index contributed by atoms with van der Waals surface area (Å²) in [7, 11) is 0. The van der Waals surface area contributed by atoms with E-state index in [0.717, 1.165) is 62.1 Å². The number of benzene rings is 1. The number of oxazole rings is 1. The van der Waals surface area contributed by atoms with Crippen LogP contribution in [0.25, 0.3) is 10.9 Å². The van der Waals surface area contributed by atoms with E-state index in [0.29, 0.717) is 0 Å². The summed E-state index contributed by atoms with van der Waals surface area (Å²) >= 11 is 0. The minimum absolute atomic E-state index is 0.804. The molecule has 1 aliphatic heterocycles. The first-order valence-corrected chi connectivity index (χ1v) is 8.89. The molecule has 3 heterocycles. The van der Waals surface area contributed by atoms with Crippen molar-refractivity contribution < 1.29 is 4.42 Å². The largest absolute Gasteiger partial charge is 0.444 e. The van der Waals surface area contributed by atoms with Gasteiger partial charge in [0.1, 0.15) is 5.76 Å². The Hall–Kier alpha value is -2.24. The van der Waals surface area contributed by atoms with Gasteiger partial charge >= 0.3 is 0 Å². The first-order valence-electron chi connectivity index (χ1n) is 8.89. The topological polar surface area (TPSA) is 45.4 Å². The lowest BCUT2D eigenvalue weighted by molar-refractivity contribution is 0.114. The van der Waals surface area contributed by atoms with Gasteiger partial charge in [-0.1, -0.05) is 24.3 Å². The molecule has 4 rings (SSSR count). The zero-order chi connectivity index (χ0) is 17.2. The SMILES string of the molecule is Cc1nc(CN2CCN(Cc3cccc4cccnc34)CC2)oc1C. The van der Waals surface area contributed by atoms with Gasteiger partial charge in [-0.25, -0.2) is 4.98 Å². The van der Waals surface area contributed by atoms with Gasteiger partial charge in [-0.05, 0) is 25.5 Å². The highest BCUT2D eigenvalue weighted by atomic mass is 16.4. The van der Waals surface area contributed by atoms with Crippen LogP contribution in [0.3, 0.4) is 0 Å². The van der Waals surface area contributed by atoms with Crippen LogP contribution in [-0.2, 0) is 13.1 Å². The Balaban J connectivity index is 1.37. The molecule has 1 aromatic carbocycles. The number of pyridine rings is 1. The van der Waals surface area contributed by atoms with E-state index in [-0.39, 0.29) is 0 Å². The summed E-state index contributed by atoms with van der Waals surface area (Å²) in [5.41, 5.74) is 3.43. The Morgan fingerprint density at radius 3 is 2.40 bits per heavy atom. The molecule has 1 aliphatic rings. The number of nitrogens with zero attached hydrogens (tertiary/aromatic N) is 4. The first-order chi connectivity index (χ1) is 12.2. The fourth-order valence-electron chi connectivity index (χ4n) is 3.44. The maximum atomic E-state index is 5.71. The van der Waals surface area contributed by atoms with Gasteiger partial charge in [0.05, 0.1) is 17.8 Å². The van der Waals surface area contributed by atoms with Crippen molar-refractivity contribution >= 4 is 10.9 Å². The smallest absolute Gasteiger partial charge is 0.208 e. The minimum atomic E-state index is 0.804. The molecule has 0 radical (unpaired) electrons. The lowest BCUT2D eigenvalue weighted by Gasteiger charge is -2.34. The average Bonchev–Trinajstić information content (AvgIpc) is 2.94. The Kier molecular flexibility index (Phi) is 4.51. The van der Waals surface area contributed by atoms with Crippen LogP contribution in [0.1, 0.15) is 22.9 Å². The van der Waals surface area contributed by atoms with E-state index >= 15 is 0 Å². The second-order valence-electron chi connectivity index (χ2n) is 6.79. The Morgan fingerprint density at radius 1 is 0.960 bits per heavy atom. The summed E-state index contributed by atoms with van der Waals surface area (Å²) in [6.45, 7) is 9.93. The molecular formula is C20H24N4O. The van der Waals surface area contributed by atoms with Crippen molar-refractivity contribution in [2.45, 2.75) is 26.9 Å². The van der Waals surface area contributed by atoms with Crippen molar-refractivity contribution in [3.8, 4) is 0 Å². The number of fused-ring (bicyclic) bond motifs is 1. The zero-order valence-corrected chi connectivity index (χ0v) is 14.9. The highest BCUT2D eigenvalue weighted by molar-refractivity contribution is 5.81. The summed E-state index contributed by atoms with van der Waals surface area (Å²) < 4.78 is 5.71. The van der Waals surface area contributed by atoms with Crippen LogP contribution in [0.5, 0.6) is 0 Å². The van der Waals surface area contributed by atoms with Crippen molar-refractivity contribution in [2.24, 2.45) is 0 Å². The highest BCUT2D eigenvalue weighted by Gasteiger charge is 2.19. The molecule has 0 saturated carbocycles. The van der Waals surface area contributed by atoms with Crippen LogP contribution >= 0.6 is 0 Å². The van der Waals surface area contributed by atoms with Gasteiger partial charge in [0.15, 0.2) is 0 Å². The number of para-hydroxylation sites is 1. The predicted octanol–water partition coefficient (Wildman–Crippen LogP) is 3.16. The summed E-state index contributed by atoms with van der Waals surface area (Å²) in [5.74, 6) is 1.76. The van der Waals surface area contributed by atoms with Gasteiger partial charge in [-0.3, -0.25) is 14.8 Å². The molecule has 0 spiro atoms. The third-order valence-electron chi connectivity index (χ3n) is 5.01. The molecule has 0 bridgehead atoms. The highest BCUT2D eigenvalue weighted by Crippen LogP contribution is 2.19. The van der Waals surface area contributed by atoms with Crippen LogP contribution in [0.15, 0.2) is 40.9 Å². The third-order valence-corrected chi connectivity index (χ3v) is 5.01. The predicted molar refractivity (Wildman–Crippen MR) is 98.3 cm³/mol. The van der Waals surface area contributed by atoms with Crippen LogP contribution in [0.4, 0.5) is 0 Å². The summed E-state index contributed by atoms with van der Waals surface area (Å²) in [4.78, 5) is 14.0. The molecular weight excluding hydrogens is 312 g/mol. The van der Waals surface area contributed by atoms with Gasteiger partial charge in [0.2, 0.25) is 5.89 Å². The summed E-state index contributed by atoms with van der Waals surface area (Å²) in [5, 5.41) is 1.22. The van der Waals surface area contributed by atoms with Gasteiger partial charge in [-0.2, -0.15) is 0 Å². The fourth-order valence-corrected chi connectivity index (χ4v) is 3.44. The molecule has 0 atom stereocenters. The van der Waals surface area contributed by atoms with Crippen molar-refractivity contribution in [1.29, 1.82) is 0 Å². The molecule has 5 nitrogen and oxygen atoms in total. The quantitative estimate of drug-likeness (QED) is 0.732. The van der Waals surface area contributed by atoms with Gasteiger partial charge < -0.3 is 4.42 Å². The average molecular weight is 336 g/mol. The monoisotopic (exact) mass is 336 g/mol. The molecule has 25 heavy (non-hydrogen) atoms. The van der Waals surface area contributed by atoms with E-state index in [2.05, 4.69) is 44.0 Å². The Bertz CT molecular complexity index is 840. The number of aryl methyl sites for hydroxylation is 2. The summed E-state index contributed by atoms with van der Waals surface area (Å²) in [6, 6.07) is 10.6. The van der Waals surface area contributed by atoms with E-state index in [9.17, 15) is 0 Å². The van der Waals surface area contributed by atoms with Crippen molar-refractivity contribution in [2.75, 3.05) is 26.2 Å². The zero-order valence-electron chi connectivity index (χ0n) is 14.9. The van der Waals surface area contributed by atoms with Crippen molar-refractivity contribution in [3.63, 3.8) is 0 Å². The first kappa shape index (κ1) is 16.2. The molecule has 0 unspecified atom stereocenters. The van der Waals surface area contributed by atoms with Crippen LogP contribution in [0, 0.1) is 13.8 Å². The number of rotatable bonds is 4. The molecule has 1 fully saturated rings. The normalized spacial score (nSPS) is 16.6. The Morgan fingerprint density at radius 2 is 1.68 bits per heavy atom. The molecule has 2 aromatic heterocycles. The maximum Gasteiger partial charge on any atom is 0.208 e. The molecule has 1 saturated heterocycles. The molecule has 3 aromatic rings. The summed E-state index contributed by atoms with van der Waals surface area (Å²) in [6.07, 6.45) is 1.88. The second kappa shape index (κ2) is 6.94. The number of aromatic nitrogens is 2. The van der Waals surface area contributed by atoms with Crippen LogP contribution < -0.4 is 0 Å². The molecule has 0 amide bonds. The molecule has 0 aliphatic carbocycles. The standard InChI is InChI=1S/C20H24N4O/c1-15-16(2)25-19(22-15)14-24-11-9-23(10-12-24)13-18-6-3-5-17-7-4-8-21-20(17)18/h3-8H,9-14H2,1-2H3. The Labute approximate surface area is 148 Å². The number of hydrogen-bond donors (Lipinski definition) is 0. The van der Waals surface area contributed by atoms with E-state index in [1.54, 1.807) is 0 Å². The van der Waals surface area contributed by atoms with Crippen LogP contribution in [0.2, 0.25) is 0 Å². The minimum Gasteiger partial charge on any atom is -0.444 e. The molecule has 5 heteroatoms. The van der Waals surface area contributed by atoms with E-state index in [4.69, 9.17) is 4.42 Å². The number of piperazine rings is 1. The lowest BCUT2D eigenvalue weighted by Crippen LogP contribution is -2.45. The van der Waals surface area contributed by atoms with Gasteiger partial charge in [-0.15, -0.1) is 0 Å². The van der Waals surface area contributed by atoms with Crippen molar-refractivity contribution in [3.05, 3.63) is 59.4 Å². The number of hydrogen-bond acceptors (Lipinski definition) is 5. The lowest BCUT2D eigenvalue weighted by atomic mass is 10.1.